The van der Waals surface area contributed by atoms with E-state index in [0.29, 0.717) is 0 Å². The summed E-state index contributed by atoms with van der Waals surface area (Å²) in [5, 5.41) is 40.4. The van der Waals surface area contributed by atoms with Gasteiger partial charge in [-0.25, -0.2) is 4.79 Å². The summed E-state index contributed by atoms with van der Waals surface area (Å²) >= 11 is 0. The van der Waals surface area contributed by atoms with Gasteiger partial charge in [0.05, 0.1) is 5.97 Å². The fourth-order valence-corrected chi connectivity index (χ4v) is 4.73. The normalized spacial score (nSPS) is 10.4. The van der Waals surface area contributed by atoms with E-state index in [0.717, 1.165) is 43.2 Å². The minimum absolute atomic E-state index is 0. The minimum atomic E-state index is -1.38. The molecule has 224 valence electrons. The molecule has 0 unspecified atom stereocenters. The van der Waals surface area contributed by atoms with Crippen molar-refractivity contribution < 1.29 is 30.0 Å². The standard InChI is InChI=1S/2C17H26O3.Ca/c2*1-2-3-4-5-6-7-8-9-10-14-11-12-16(18)15(13-14)17(19)20;/h2*11-13,18H,2-10H2,1H3,(H,19,20);/q;;+2/p-2. The number of phenols is 1. The smallest absolute Gasteiger partial charge is 0.872 e. The quantitative estimate of drug-likeness (QED) is 0.124. The molecule has 0 aliphatic carbocycles. The van der Waals surface area contributed by atoms with Crippen LogP contribution in [-0.2, 0) is 12.8 Å². The molecule has 0 aliphatic rings. The third-order valence-electron chi connectivity index (χ3n) is 7.19. The Morgan fingerprint density at radius 3 is 1.44 bits per heavy atom. The molecule has 7 heteroatoms. The summed E-state index contributed by atoms with van der Waals surface area (Å²) < 4.78 is 0. The number of carboxylic acids is 2. The van der Waals surface area contributed by atoms with Gasteiger partial charge in [-0.2, -0.15) is 0 Å². The molecule has 0 atom stereocenters. The zero-order valence-electron chi connectivity index (χ0n) is 25.4. The van der Waals surface area contributed by atoms with Crippen LogP contribution in [0.15, 0.2) is 36.4 Å². The number of aromatic carboxylic acids is 2. The van der Waals surface area contributed by atoms with E-state index in [1.165, 1.54) is 102 Å². The molecule has 2 aromatic rings. The number of hydrogen-bond acceptors (Lipinski definition) is 5. The summed E-state index contributed by atoms with van der Waals surface area (Å²) in [4.78, 5) is 21.7. The Bertz CT molecular complexity index is 912. The number of carbonyl (C=O) groups is 2. The second kappa shape index (κ2) is 24.8. The second-order valence-corrected chi connectivity index (χ2v) is 10.7. The molecule has 0 spiro atoms. The Kier molecular flexibility index (Phi) is 23.7. The number of carboxylic acid groups (broad SMARTS) is 2. The van der Waals surface area contributed by atoms with Crippen LogP contribution in [0.2, 0.25) is 0 Å². The molecule has 2 rings (SSSR count). The van der Waals surface area contributed by atoms with E-state index in [4.69, 9.17) is 5.11 Å². The Labute approximate surface area is 277 Å². The molecule has 0 fully saturated rings. The Morgan fingerprint density at radius 1 is 0.634 bits per heavy atom. The summed E-state index contributed by atoms with van der Waals surface area (Å²) in [6, 6.07) is 9.37. The van der Waals surface area contributed by atoms with Gasteiger partial charge in [0, 0.05) is 0 Å². The van der Waals surface area contributed by atoms with Crippen molar-refractivity contribution in [1.82, 2.24) is 0 Å². The first-order chi connectivity index (χ1) is 19.3. The first-order valence-electron chi connectivity index (χ1n) is 15.4. The van der Waals surface area contributed by atoms with Crippen molar-refractivity contribution >= 4 is 49.7 Å². The maximum Gasteiger partial charge on any atom is 2.00 e. The topological polar surface area (TPSA) is 121 Å². The van der Waals surface area contributed by atoms with E-state index >= 15 is 0 Å². The molecule has 41 heavy (non-hydrogen) atoms. The molecule has 0 bridgehead atoms. The summed E-state index contributed by atoms with van der Waals surface area (Å²) in [6.45, 7) is 4.44. The number of carbonyl (C=O) groups excluding carboxylic acids is 1. The van der Waals surface area contributed by atoms with Crippen molar-refractivity contribution in [2.24, 2.45) is 0 Å². The molecule has 0 saturated carbocycles. The minimum Gasteiger partial charge on any atom is -0.872 e. The van der Waals surface area contributed by atoms with Crippen LogP contribution in [0, 0.1) is 0 Å². The van der Waals surface area contributed by atoms with Gasteiger partial charge in [0.25, 0.3) is 0 Å². The molecule has 2 aromatic carbocycles. The Balaban J connectivity index is 0.000000762. The van der Waals surface area contributed by atoms with Gasteiger partial charge in [-0.1, -0.05) is 134 Å². The third kappa shape index (κ3) is 18.4. The maximum absolute atomic E-state index is 11.3. The molecule has 0 saturated heterocycles. The average Bonchev–Trinajstić information content (AvgIpc) is 2.93. The molecular weight excluding hydrogens is 544 g/mol. The van der Waals surface area contributed by atoms with Gasteiger partial charge in [0.1, 0.15) is 11.3 Å². The molecule has 0 heterocycles. The molecule has 6 nitrogen and oxygen atoms in total. The van der Waals surface area contributed by atoms with Crippen LogP contribution in [0.25, 0.3) is 0 Å². The van der Waals surface area contributed by atoms with Crippen molar-refractivity contribution in [3.8, 4) is 11.5 Å². The van der Waals surface area contributed by atoms with Gasteiger partial charge in [-0.05, 0) is 54.5 Å². The van der Waals surface area contributed by atoms with Gasteiger partial charge in [0.15, 0.2) is 0 Å². The van der Waals surface area contributed by atoms with Crippen LogP contribution < -0.4 is 10.2 Å². The summed E-state index contributed by atoms with van der Waals surface area (Å²) in [6.07, 6.45) is 21.8. The zero-order valence-corrected chi connectivity index (χ0v) is 27.6. The summed E-state index contributed by atoms with van der Waals surface area (Å²) in [5.74, 6) is -3.07. The van der Waals surface area contributed by atoms with Crippen LogP contribution >= 0.6 is 0 Å². The van der Waals surface area contributed by atoms with E-state index in [9.17, 15) is 24.9 Å². The van der Waals surface area contributed by atoms with Crippen LogP contribution in [0.4, 0.5) is 0 Å². The fourth-order valence-electron chi connectivity index (χ4n) is 4.73. The Morgan fingerprint density at radius 2 is 1.02 bits per heavy atom. The number of benzene rings is 2. The van der Waals surface area contributed by atoms with Crippen LogP contribution in [0.5, 0.6) is 11.5 Å². The van der Waals surface area contributed by atoms with Crippen LogP contribution in [0.3, 0.4) is 0 Å². The van der Waals surface area contributed by atoms with Crippen molar-refractivity contribution in [2.45, 2.75) is 129 Å². The predicted octanol–water partition coefficient (Wildman–Crippen LogP) is 7.20. The maximum atomic E-state index is 11.3. The van der Waals surface area contributed by atoms with E-state index in [1.54, 1.807) is 12.1 Å². The van der Waals surface area contributed by atoms with E-state index in [2.05, 4.69) is 13.8 Å². The van der Waals surface area contributed by atoms with Gasteiger partial charge in [-0.3, -0.25) is 0 Å². The van der Waals surface area contributed by atoms with Crippen molar-refractivity contribution in [1.29, 1.82) is 0 Å². The van der Waals surface area contributed by atoms with Crippen molar-refractivity contribution in [3.63, 3.8) is 0 Å². The Hall–Kier alpha value is -1.76. The van der Waals surface area contributed by atoms with Gasteiger partial charge >= 0.3 is 43.7 Å². The number of rotatable bonds is 20. The first kappa shape index (κ1) is 39.2. The van der Waals surface area contributed by atoms with Crippen molar-refractivity contribution in [3.05, 3.63) is 58.7 Å². The molecule has 0 radical (unpaired) electrons. The molecule has 0 amide bonds. The number of aromatic hydroxyl groups is 1. The SMILES string of the molecule is CCCCCCCCCCc1ccc(O)c(C(=O)O)c1.CCCCCCCCCCc1ccc([O-])c(C(=O)[O-])c1.[Ca+2]. The largest absolute Gasteiger partial charge is 2.00 e. The monoisotopic (exact) mass is 594 g/mol. The van der Waals surface area contributed by atoms with Crippen LogP contribution in [0.1, 0.15) is 148 Å². The van der Waals surface area contributed by atoms with E-state index in [1.807, 2.05) is 6.07 Å². The second-order valence-electron chi connectivity index (χ2n) is 10.7. The van der Waals surface area contributed by atoms with Crippen LogP contribution in [-0.4, -0.2) is 59.9 Å². The first-order valence-corrected chi connectivity index (χ1v) is 15.4. The summed E-state index contributed by atoms with van der Waals surface area (Å²) in [7, 11) is 0. The summed E-state index contributed by atoms with van der Waals surface area (Å²) in [5.41, 5.74) is 1.69. The fraction of sp³-hybridized carbons (Fsp3) is 0.588. The number of aryl methyl sites for hydroxylation is 2. The number of hydrogen-bond donors (Lipinski definition) is 2. The molecule has 0 aromatic heterocycles. The van der Waals surface area contributed by atoms with Gasteiger partial charge in [-0.15, -0.1) is 0 Å². The average molecular weight is 595 g/mol. The van der Waals surface area contributed by atoms with E-state index in [-0.39, 0.29) is 54.6 Å². The number of unbranched alkanes of at least 4 members (excludes halogenated alkanes) is 14. The predicted molar refractivity (Wildman–Crippen MR) is 164 cm³/mol. The molecular formula is C34H50CaO6. The molecule has 0 aliphatic heterocycles. The van der Waals surface area contributed by atoms with Gasteiger partial charge < -0.3 is 25.2 Å². The van der Waals surface area contributed by atoms with E-state index < -0.39 is 17.7 Å². The third-order valence-corrected chi connectivity index (χ3v) is 7.19. The zero-order chi connectivity index (χ0) is 29.6. The molecule has 2 N–H and O–H groups in total. The van der Waals surface area contributed by atoms with Gasteiger partial charge in [0.2, 0.25) is 0 Å². The van der Waals surface area contributed by atoms with Crippen molar-refractivity contribution in [2.75, 3.05) is 0 Å².